The van der Waals surface area contributed by atoms with E-state index in [1.807, 2.05) is 54.6 Å². The van der Waals surface area contributed by atoms with Gasteiger partial charge in [-0.3, -0.25) is 14.2 Å². The maximum atomic E-state index is 12.5. The van der Waals surface area contributed by atoms with E-state index in [0.717, 1.165) is 21.9 Å². The number of aromatic nitrogens is 2. The molecule has 0 aliphatic heterocycles. The van der Waals surface area contributed by atoms with Crippen LogP contribution in [0.3, 0.4) is 0 Å². The molecule has 30 heavy (non-hydrogen) atoms. The predicted octanol–water partition coefficient (Wildman–Crippen LogP) is 4.71. The van der Waals surface area contributed by atoms with Crippen molar-refractivity contribution in [3.63, 3.8) is 0 Å². The van der Waals surface area contributed by atoms with Gasteiger partial charge in [0.15, 0.2) is 5.16 Å². The maximum Gasteiger partial charge on any atom is 0.234 e. The van der Waals surface area contributed by atoms with Gasteiger partial charge >= 0.3 is 0 Å². The second-order valence-corrected chi connectivity index (χ2v) is 7.60. The molecule has 150 valence electrons. The molecule has 2 N–H and O–H groups in total. The number of hydrogen-bond donors (Lipinski definition) is 2. The van der Waals surface area contributed by atoms with Crippen LogP contribution >= 0.6 is 11.8 Å². The Labute approximate surface area is 178 Å². The molecule has 2 amide bonds. The Hall–Kier alpha value is -3.58. The van der Waals surface area contributed by atoms with Crippen LogP contribution < -0.4 is 10.6 Å². The van der Waals surface area contributed by atoms with E-state index in [1.54, 1.807) is 24.3 Å². The van der Waals surface area contributed by atoms with Crippen molar-refractivity contribution in [3.8, 4) is 5.69 Å². The third kappa shape index (κ3) is 4.52. The summed E-state index contributed by atoms with van der Waals surface area (Å²) in [6.45, 7) is 1.45. The molecule has 0 fully saturated rings. The zero-order valence-electron chi connectivity index (χ0n) is 16.3. The average Bonchev–Trinajstić information content (AvgIpc) is 3.11. The SMILES string of the molecule is CC(=O)Nc1cccc(NC(=O)CSc2nc3ccccc3n2-c2ccccc2)c1. The molecule has 0 radical (unpaired) electrons. The highest BCUT2D eigenvalue weighted by Gasteiger charge is 2.14. The first kappa shape index (κ1) is 19.7. The van der Waals surface area contributed by atoms with Gasteiger partial charge in [-0.25, -0.2) is 4.98 Å². The molecule has 0 unspecified atom stereocenters. The molecule has 0 saturated heterocycles. The number of rotatable bonds is 6. The van der Waals surface area contributed by atoms with Crippen molar-refractivity contribution in [2.24, 2.45) is 0 Å². The normalized spacial score (nSPS) is 10.7. The Morgan fingerprint density at radius 3 is 2.37 bits per heavy atom. The molecule has 1 heterocycles. The number of hydrogen-bond acceptors (Lipinski definition) is 4. The van der Waals surface area contributed by atoms with Gasteiger partial charge in [-0.15, -0.1) is 0 Å². The number of carbonyl (C=O) groups excluding carboxylic acids is 2. The number of para-hydroxylation sites is 3. The van der Waals surface area contributed by atoms with E-state index >= 15 is 0 Å². The fraction of sp³-hybridized carbons (Fsp3) is 0.0870. The molecule has 4 rings (SSSR count). The zero-order chi connectivity index (χ0) is 20.9. The van der Waals surface area contributed by atoms with E-state index in [4.69, 9.17) is 4.98 Å². The molecule has 0 aliphatic carbocycles. The Bertz CT molecular complexity index is 1200. The summed E-state index contributed by atoms with van der Waals surface area (Å²) in [5.41, 5.74) is 4.14. The first-order chi connectivity index (χ1) is 14.6. The molecule has 0 spiro atoms. The Morgan fingerprint density at radius 1 is 0.900 bits per heavy atom. The van der Waals surface area contributed by atoms with E-state index in [-0.39, 0.29) is 17.6 Å². The lowest BCUT2D eigenvalue weighted by molar-refractivity contribution is -0.114. The van der Waals surface area contributed by atoms with E-state index in [0.29, 0.717) is 11.4 Å². The molecular formula is C23H20N4O2S. The Balaban J connectivity index is 1.51. The van der Waals surface area contributed by atoms with E-state index in [1.165, 1.54) is 18.7 Å². The fourth-order valence-corrected chi connectivity index (χ4v) is 3.96. The van der Waals surface area contributed by atoms with Crippen molar-refractivity contribution < 1.29 is 9.59 Å². The molecule has 0 saturated carbocycles. The lowest BCUT2D eigenvalue weighted by Crippen LogP contribution is -2.15. The van der Waals surface area contributed by atoms with Gasteiger partial charge < -0.3 is 10.6 Å². The highest BCUT2D eigenvalue weighted by Crippen LogP contribution is 2.28. The number of thioether (sulfide) groups is 1. The van der Waals surface area contributed by atoms with Gasteiger partial charge in [0.05, 0.1) is 16.8 Å². The summed E-state index contributed by atoms with van der Waals surface area (Å²) in [6.07, 6.45) is 0. The molecule has 3 aromatic carbocycles. The molecule has 0 aliphatic rings. The van der Waals surface area contributed by atoms with Crippen LogP contribution in [0.2, 0.25) is 0 Å². The van der Waals surface area contributed by atoms with Crippen LogP contribution in [0.1, 0.15) is 6.92 Å². The lowest BCUT2D eigenvalue weighted by atomic mass is 10.2. The van der Waals surface area contributed by atoms with Crippen LogP contribution in [-0.2, 0) is 9.59 Å². The predicted molar refractivity (Wildman–Crippen MR) is 121 cm³/mol. The highest BCUT2D eigenvalue weighted by molar-refractivity contribution is 7.99. The van der Waals surface area contributed by atoms with Gasteiger partial charge in [0.1, 0.15) is 0 Å². The number of imidazole rings is 1. The van der Waals surface area contributed by atoms with Crippen LogP contribution in [0.5, 0.6) is 0 Å². The molecule has 6 nitrogen and oxygen atoms in total. The van der Waals surface area contributed by atoms with Gasteiger partial charge in [-0.05, 0) is 42.5 Å². The monoisotopic (exact) mass is 416 g/mol. The fourth-order valence-electron chi connectivity index (χ4n) is 3.13. The van der Waals surface area contributed by atoms with Crippen molar-refractivity contribution in [2.45, 2.75) is 12.1 Å². The lowest BCUT2D eigenvalue weighted by Gasteiger charge is -2.10. The summed E-state index contributed by atoms with van der Waals surface area (Å²) in [4.78, 5) is 28.5. The van der Waals surface area contributed by atoms with Crippen molar-refractivity contribution >= 4 is 46.0 Å². The average molecular weight is 417 g/mol. The van der Waals surface area contributed by atoms with E-state index in [2.05, 4.69) is 15.2 Å². The summed E-state index contributed by atoms with van der Waals surface area (Å²) in [6, 6.07) is 24.9. The maximum absolute atomic E-state index is 12.5. The number of fused-ring (bicyclic) bond motifs is 1. The molecule has 7 heteroatoms. The Kier molecular flexibility index (Phi) is 5.81. The summed E-state index contributed by atoms with van der Waals surface area (Å²) < 4.78 is 2.06. The second kappa shape index (κ2) is 8.84. The number of nitrogens with one attached hydrogen (secondary N) is 2. The summed E-state index contributed by atoms with van der Waals surface area (Å²) in [5.74, 6) is -0.0963. The van der Waals surface area contributed by atoms with E-state index < -0.39 is 0 Å². The third-order valence-corrected chi connectivity index (χ3v) is 5.28. The number of carbonyl (C=O) groups is 2. The van der Waals surface area contributed by atoms with Crippen molar-refractivity contribution in [1.29, 1.82) is 0 Å². The first-order valence-corrected chi connectivity index (χ1v) is 10.4. The van der Waals surface area contributed by atoms with Gasteiger partial charge in [0, 0.05) is 24.0 Å². The van der Waals surface area contributed by atoms with Gasteiger partial charge in [0.2, 0.25) is 11.8 Å². The number of anilines is 2. The van der Waals surface area contributed by atoms with Gasteiger partial charge in [0.25, 0.3) is 0 Å². The minimum absolute atomic E-state index is 0.147. The summed E-state index contributed by atoms with van der Waals surface area (Å²) in [5, 5.41) is 6.33. The van der Waals surface area contributed by atoms with Crippen LogP contribution in [0.4, 0.5) is 11.4 Å². The van der Waals surface area contributed by atoms with Crippen LogP contribution in [0.15, 0.2) is 84.0 Å². The minimum atomic E-state index is -0.158. The quantitative estimate of drug-likeness (QED) is 0.446. The molecular weight excluding hydrogens is 396 g/mol. The van der Waals surface area contributed by atoms with E-state index in [9.17, 15) is 9.59 Å². The smallest absolute Gasteiger partial charge is 0.234 e. The molecule has 0 bridgehead atoms. The largest absolute Gasteiger partial charge is 0.326 e. The van der Waals surface area contributed by atoms with Gasteiger partial charge in [-0.1, -0.05) is 48.2 Å². The first-order valence-electron chi connectivity index (χ1n) is 9.43. The second-order valence-electron chi connectivity index (χ2n) is 6.65. The van der Waals surface area contributed by atoms with Crippen molar-refractivity contribution in [3.05, 3.63) is 78.9 Å². The number of amides is 2. The van der Waals surface area contributed by atoms with Crippen LogP contribution in [-0.4, -0.2) is 27.1 Å². The summed E-state index contributed by atoms with van der Waals surface area (Å²) in [7, 11) is 0. The van der Waals surface area contributed by atoms with Crippen LogP contribution in [0, 0.1) is 0 Å². The summed E-state index contributed by atoms with van der Waals surface area (Å²) >= 11 is 1.38. The zero-order valence-corrected chi connectivity index (χ0v) is 17.1. The van der Waals surface area contributed by atoms with Crippen molar-refractivity contribution in [1.82, 2.24) is 9.55 Å². The Morgan fingerprint density at radius 2 is 1.60 bits per heavy atom. The highest BCUT2D eigenvalue weighted by atomic mass is 32.2. The third-order valence-electron chi connectivity index (χ3n) is 4.34. The molecule has 4 aromatic rings. The molecule has 0 atom stereocenters. The topological polar surface area (TPSA) is 76.0 Å². The number of benzene rings is 3. The molecule has 1 aromatic heterocycles. The van der Waals surface area contributed by atoms with Crippen molar-refractivity contribution in [2.75, 3.05) is 16.4 Å². The standard InChI is InChI=1S/C23H20N4O2S/c1-16(28)24-17-8-7-9-18(14-17)25-22(29)15-30-23-26-20-12-5-6-13-21(20)27(23)19-10-3-2-4-11-19/h2-14H,15H2,1H3,(H,24,28)(H,25,29). The van der Waals surface area contributed by atoms with Crippen LogP contribution in [0.25, 0.3) is 16.7 Å². The number of nitrogens with zero attached hydrogens (tertiary/aromatic N) is 2. The minimum Gasteiger partial charge on any atom is -0.326 e. The van der Waals surface area contributed by atoms with Gasteiger partial charge in [-0.2, -0.15) is 0 Å².